The first-order chi connectivity index (χ1) is 4.18. The summed E-state index contributed by atoms with van der Waals surface area (Å²) in [5.41, 5.74) is 0. The average molecular weight is 209 g/mol. The van der Waals surface area contributed by atoms with Crippen LogP contribution >= 0.6 is 0 Å². The Kier molecular flexibility index (Phi) is 26.9. The van der Waals surface area contributed by atoms with Gasteiger partial charge in [-0.1, -0.05) is 33.6 Å². The minimum absolute atomic E-state index is 0. The van der Waals surface area contributed by atoms with E-state index in [0.717, 1.165) is 24.9 Å². The van der Waals surface area contributed by atoms with Crippen LogP contribution in [0.2, 0.25) is 0 Å². The van der Waals surface area contributed by atoms with Crippen LogP contribution in [0, 0.1) is 26.7 Å². The molecular weight excluding hydrogens is 185 g/mol. The van der Waals surface area contributed by atoms with Crippen LogP contribution in [0.4, 0.5) is 0 Å². The Balaban J connectivity index is -0.000000107. The molecule has 77 valence electrons. The predicted octanol–water partition coefficient (Wildman–Crippen LogP) is 3.57. The van der Waals surface area contributed by atoms with Crippen molar-refractivity contribution in [3.8, 4) is 0 Å². The van der Waals surface area contributed by atoms with Crippen LogP contribution in [0.15, 0.2) is 0 Å². The van der Waals surface area contributed by atoms with E-state index in [2.05, 4.69) is 33.0 Å². The summed E-state index contributed by atoms with van der Waals surface area (Å²) in [6, 6.07) is 0. The molecule has 0 aliphatic heterocycles. The smallest absolute Gasteiger partial charge is 0 e. The van der Waals surface area contributed by atoms with E-state index >= 15 is 0 Å². The Bertz CT molecular complexity index is 64.9. The molecule has 0 aromatic heterocycles. The fourth-order valence-corrected chi connectivity index (χ4v) is 0.544. The van der Waals surface area contributed by atoms with Gasteiger partial charge in [0.2, 0.25) is 0 Å². The summed E-state index contributed by atoms with van der Waals surface area (Å²) < 4.78 is 0. The van der Waals surface area contributed by atoms with Gasteiger partial charge in [0.05, 0.1) is 0 Å². The van der Waals surface area contributed by atoms with Crippen molar-refractivity contribution in [2.75, 3.05) is 13.1 Å². The number of hydrogen-bond acceptors (Lipinski definition) is 0. The van der Waals surface area contributed by atoms with E-state index in [0.29, 0.717) is 0 Å². The molecule has 1 nitrogen and oxygen atoms in total. The van der Waals surface area contributed by atoms with Gasteiger partial charge in [-0.3, -0.25) is 0 Å². The molecule has 0 fully saturated rings. The SMILES string of the molecule is CC[N-]CC(C)C(C)C.[CH3-].[CH3-].[V]. The third-order valence-electron chi connectivity index (χ3n) is 1.78. The second kappa shape index (κ2) is 14.1. The predicted molar refractivity (Wildman–Crippen MR) is 55.6 cm³/mol. The average Bonchev–Trinajstić information content (AvgIpc) is 1.82. The van der Waals surface area contributed by atoms with Crippen molar-refractivity contribution in [3.05, 3.63) is 20.2 Å². The van der Waals surface area contributed by atoms with E-state index in [1.807, 2.05) is 0 Å². The number of nitrogens with zero attached hydrogens (tertiary/aromatic N) is 1. The van der Waals surface area contributed by atoms with Gasteiger partial charge in [-0.05, 0) is 5.92 Å². The van der Waals surface area contributed by atoms with Gasteiger partial charge in [-0.2, -0.15) is 6.54 Å². The standard InChI is InChI=1S/C8H18N.2CH3.V/c1-5-9-6-8(4)7(2)3;;;/h7-8H,5-6H2,1-4H3;2*1H3;/q3*-1;. The second-order valence-electron chi connectivity index (χ2n) is 2.94. The summed E-state index contributed by atoms with van der Waals surface area (Å²) in [7, 11) is 0. The zero-order valence-electron chi connectivity index (χ0n) is 9.46. The molecule has 0 amide bonds. The van der Waals surface area contributed by atoms with Crippen LogP contribution in [-0.2, 0) is 18.6 Å². The zero-order chi connectivity index (χ0) is 7.28. The van der Waals surface area contributed by atoms with E-state index in [4.69, 9.17) is 0 Å². The van der Waals surface area contributed by atoms with Crippen LogP contribution in [0.25, 0.3) is 5.32 Å². The zero-order valence-corrected chi connectivity index (χ0v) is 10.9. The summed E-state index contributed by atoms with van der Waals surface area (Å²) in [5.74, 6) is 1.53. The minimum atomic E-state index is 0. The molecule has 0 spiro atoms. The van der Waals surface area contributed by atoms with Crippen molar-refractivity contribution >= 4 is 0 Å². The van der Waals surface area contributed by atoms with Crippen LogP contribution < -0.4 is 0 Å². The molecule has 0 N–H and O–H groups in total. The fourth-order valence-electron chi connectivity index (χ4n) is 0.544. The van der Waals surface area contributed by atoms with Gasteiger partial charge in [0.15, 0.2) is 0 Å². The molecule has 2 heteroatoms. The molecular formula is C10H24NV-3. The van der Waals surface area contributed by atoms with E-state index < -0.39 is 0 Å². The van der Waals surface area contributed by atoms with Crippen molar-refractivity contribution in [1.82, 2.24) is 0 Å². The van der Waals surface area contributed by atoms with Gasteiger partial charge in [0.25, 0.3) is 0 Å². The molecule has 0 aromatic rings. The van der Waals surface area contributed by atoms with E-state index in [1.54, 1.807) is 0 Å². The maximum atomic E-state index is 4.29. The quantitative estimate of drug-likeness (QED) is 0.628. The molecule has 1 atom stereocenters. The summed E-state index contributed by atoms with van der Waals surface area (Å²) >= 11 is 0. The molecule has 0 heterocycles. The first-order valence-corrected chi connectivity index (χ1v) is 3.81. The van der Waals surface area contributed by atoms with Crippen molar-refractivity contribution in [2.24, 2.45) is 11.8 Å². The normalized spacial score (nSPS) is 10.8. The topological polar surface area (TPSA) is 14.1 Å². The van der Waals surface area contributed by atoms with Crippen molar-refractivity contribution < 1.29 is 18.6 Å². The number of rotatable bonds is 4. The minimum Gasteiger partial charge on any atom is -0.662 e. The first-order valence-electron chi connectivity index (χ1n) is 3.81. The molecule has 0 saturated heterocycles. The maximum Gasteiger partial charge on any atom is 0 e. The Labute approximate surface area is 91.6 Å². The van der Waals surface area contributed by atoms with Gasteiger partial charge in [-0.25, -0.2) is 0 Å². The van der Waals surface area contributed by atoms with Crippen molar-refractivity contribution in [1.29, 1.82) is 0 Å². The monoisotopic (exact) mass is 209 g/mol. The molecule has 0 bridgehead atoms. The van der Waals surface area contributed by atoms with E-state index in [9.17, 15) is 0 Å². The van der Waals surface area contributed by atoms with Gasteiger partial charge in [0, 0.05) is 18.6 Å². The summed E-state index contributed by atoms with van der Waals surface area (Å²) in [6.45, 7) is 10.8. The third kappa shape index (κ3) is 13.2. The van der Waals surface area contributed by atoms with Gasteiger partial charge in [-0.15, -0.1) is 6.54 Å². The Morgan fingerprint density at radius 1 is 1.08 bits per heavy atom. The van der Waals surface area contributed by atoms with Gasteiger partial charge >= 0.3 is 0 Å². The van der Waals surface area contributed by atoms with E-state index in [1.165, 1.54) is 0 Å². The van der Waals surface area contributed by atoms with Crippen LogP contribution in [0.3, 0.4) is 0 Å². The molecule has 1 radical (unpaired) electrons. The second-order valence-corrected chi connectivity index (χ2v) is 2.94. The Morgan fingerprint density at radius 2 is 1.50 bits per heavy atom. The molecule has 12 heavy (non-hydrogen) atoms. The maximum absolute atomic E-state index is 4.29. The molecule has 0 aliphatic carbocycles. The Hall–Kier alpha value is 0.544. The summed E-state index contributed by atoms with van der Waals surface area (Å²) in [6.07, 6.45) is 0. The molecule has 0 aromatic carbocycles. The van der Waals surface area contributed by atoms with Gasteiger partial charge in [0.1, 0.15) is 0 Å². The van der Waals surface area contributed by atoms with Crippen LogP contribution in [-0.4, -0.2) is 13.1 Å². The molecule has 0 saturated carbocycles. The van der Waals surface area contributed by atoms with Gasteiger partial charge < -0.3 is 20.2 Å². The van der Waals surface area contributed by atoms with E-state index in [-0.39, 0.29) is 33.4 Å². The third-order valence-corrected chi connectivity index (χ3v) is 1.78. The van der Waals surface area contributed by atoms with Crippen molar-refractivity contribution in [3.63, 3.8) is 0 Å². The molecule has 0 rings (SSSR count). The molecule has 1 unspecified atom stereocenters. The number of hydrogen-bond donors (Lipinski definition) is 0. The first kappa shape index (κ1) is 22.9. The Morgan fingerprint density at radius 3 is 1.75 bits per heavy atom. The summed E-state index contributed by atoms with van der Waals surface area (Å²) in [4.78, 5) is 0. The largest absolute Gasteiger partial charge is 0.662 e. The van der Waals surface area contributed by atoms with Crippen LogP contribution in [0.5, 0.6) is 0 Å². The van der Waals surface area contributed by atoms with Crippen LogP contribution in [0.1, 0.15) is 27.7 Å². The molecule has 0 aliphatic rings. The van der Waals surface area contributed by atoms with Crippen molar-refractivity contribution in [2.45, 2.75) is 27.7 Å². The summed E-state index contributed by atoms with van der Waals surface area (Å²) in [5, 5.41) is 4.29. The fraction of sp³-hybridized carbons (Fsp3) is 0.800.